The molecule has 3 aromatic rings. The Labute approximate surface area is 158 Å². The molecule has 0 saturated heterocycles. The fourth-order valence-corrected chi connectivity index (χ4v) is 3.23. The van der Waals surface area contributed by atoms with Gasteiger partial charge in [-0.15, -0.1) is 0 Å². The van der Waals surface area contributed by atoms with E-state index in [1.165, 1.54) is 0 Å². The maximum Gasteiger partial charge on any atom is 0.244 e. The van der Waals surface area contributed by atoms with Crippen LogP contribution >= 0.6 is 0 Å². The summed E-state index contributed by atoms with van der Waals surface area (Å²) in [5.74, 6) is 0.632. The van der Waals surface area contributed by atoms with Gasteiger partial charge in [0.1, 0.15) is 5.75 Å². The minimum Gasteiger partial charge on any atom is -0.495 e. The Morgan fingerprint density at radius 3 is 2.70 bits per heavy atom. The van der Waals surface area contributed by atoms with Gasteiger partial charge in [-0.2, -0.15) is 0 Å². The van der Waals surface area contributed by atoms with Crippen molar-refractivity contribution in [1.82, 2.24) is 14.9 Å². The Morgan fingerprint density at radius 2 is 2.04 bits per heavy atom. The first-order valence-corrected chi connectivity index (χ1v) is 8.92. The van der Waals surface area contributed by atoms with Crippen LogP contribution in [-0.4, -0.2) is 22.6 Å². The van der Waals surface area contributed by atoms with Crippen LogP contribution in [0.15, 0.2) is 73.3 Å². The van der Waals surface area contributed by atoms with Gasteiger partial charge in [0.25, 0.3) is 0 Å². The molecule has 4 rings (SSSR count). The zero-order valence-electron chi connectivity index (χ0n) is 15.1. The van der Waals surface area contributed by atoms with Crippen molar-refractivity contribution in [2.45, 2.75) is 18.4 Å². The third-order valence-corrected chi connectivity index (χ3v) is 4.85. The molecule has 0 unspecified atom stereocenters. The van der Waals surface area contributed by atoms with Crippen molar-refractivity contribution in [1.29, 1.82) is 0 Å². The quantitative estimate of drug-likeness (QED) is 0.683. The van der Waals surface area contributed by atoms with Gasteiger partial charge in [-0.1, -0.05) is 36.4 Å². The van der Waals surface area contributed by atoms with Gasteiger partial charge in [-0.25, -0.2) is 4.98 Å². The van der Waals surface area contributed by atoms with Gasteiger partial charge in [-0.05, 0) is 42.2 Å². The Hall–Kier alpha value is -3.34. The molecule has 0 radical (unpaired) electrons. The number of ether oxygens (including phenoxy) is 1. The lowest BCUT2D eigenvalue weighted by Crippen LogP contribution is -2.33. The molecule has 0 atom stereocenters. The van der Waals surface area contributed by atoms with Gasteiger partial charge in [-0.3, -0.25) is 4.79 Å². The van der Waals surface area contributed by atoms with Crippen LogP contribution < -0.4 is 10.1 Å². The van der Waals surface area contributed by atoms with E-state index in [0.717, 1.165) is 35.4 Å². The number of hydrogen-bond donors (Lipinski definition) is 1. The fraction of sp³-hybridized carbons (Fsp3) is 0.182. The van der Waals surface area contributed by atoms with Gasteiger partial charge in [0.05, 0.1) is 24.7 Å². The Balaban J connectivity index is 1.47. The first-order valence-electron chi connectivity index (χ1n) is 8.92. The van der Waals surface area contributed by atoms with Crippen molar-refractivity contribution in [2.24, 2.45) is 0 Å². The van der Waals surface area contributed by atoms with Crippen LogP contribution in [0.25, 0.3) is 11.8 Å². The number of hydrogen-bond acceptors (Lipinski definition) is 3. The van der Waals surface area contributed by atoms with Crippen molar-refractivity contribution in [2.75, 3.05) is 7.11 Å². The Bertz CT molecular complexity index is 958. The summed E-state index contributed by atoms with van der Waals surface area (Å²) in [5, 5.41) is 3.15. The minimum absolute atomic E-state index is 0.0889. The number of carbonyl (C=O) groups is 1. The Kier molecular flexibility index (Phi) is 4.50. The van der Waals surface area contributed by atoms with Crippen molar-refractivity contribution < 1.29 is 9.53 Å². The van der Waals surface area contributed by atoms with E-state index in [4.69, 9.17) is 4.74 Å². The summed E-state index contributed by atoms with van der Waals surface area (Å²) in [6.07, 6.45) is 10.6. The third-order valence-electron chi connectivity index (χ3n) is 4.85. The summed E-state index contributed by atoms with van der Waals surface area (Å²) in [6.45, 7) is 0. The smallest absolute Gasteiger partial charge is 0.244 e. The average Bonchev–Trinajstić information content (AvgIpc) is 3.28. The SMILES string of the molecule is COc1cc(/C=C/C(=O)NC2(c3ccccc3)CC2)ccc1-n1ccnc1. The molecular formula is C22H21N3O2. The molecule has 1 saturated carbocycles. The number of amides is 1. The monoisotopic (exact) mass is 359 g/mol. The topological polar surface area (TPSA) is 56.1 Å². The molecule has 2 aromatic carbocycles. The molecule has 136 valence electrons. The van der Waals surface area contributed by atoms with Gasteiger partial charge in [0, 0.05) is 18.5 Å². The summed E-state index contributed by atoms with van der Waals surface area (Å²) in [7, 11) is 1.63. The molecule has 1 heterocycles. The number of imidazole rings is 1. The normalized spacial score (nSPS) is 14.9. The first-order chi connectivity index (χ1) is 13.2. The van der Waals surface area contributed by atoms with Crippen LogP contribution in [0, 0.1) is 0 Å². The Morgan fingerprint density at radius 1 is 1.22 bits per heavy atom. The summed E-state index contributed by atoms with van der Waals surface area (Å²) in [5.41, 5.74) is 2.76. The van der Waals surface area contributed by atoms with Crippen molar-refractivity contribution >= 4 is 12.0 Å². The van der Waals surface area contributed by atoms with E-state index < -0.39 is 0 Å². The van der Waals surface area contributed by atoms with Gasteiger partial charge < -0.3 is 14.6 Å². The summed E-state index contributed by atoms with van der Waals surface area (Å²) < 4.78 is 7.37. The van der Waals surface area contributed by atoms with E-state index in [2.05, 4.69) is 22.4 Å². The lowest BCUT2D eigenvalue weighted by atomic mass is 10.1. The lowest BCUT2D eigenvalue weighted by molar-refractivity contribution is -0.117. The van der Waals surface area contributed by atoms with E-state index in [9.17, 15) is 4.79 Å². The summed E-state index contributed by atoms with van der Waals surface area (Å²) >= 11 is 0. The van der Waals surface area contributed by atoms with Crippen LogP contribution in [0.3, 0.4) is 0 Å². The number of carbonyl (C=O) groups excluding carboxylic acids is 1. The molecule has 27 heavy (non-hydrogen) atoms. The highest BCUT2D eigenvalue weighted by Crippen LogP contribution is 2.45. The second kappa shape index (κ2) is 7.11. The zero-order valence-corrected chi connectivity index (χ0v) is 15.1. The zero-order chi connectivity index (χ0) is 18.7. The maximum atomic E-state index is 12.4. The van der Waals surface area contributed by atoms with E-state index in [-0.39, 0.29) is 11.4 Å². The molecule has 1 aromatic heterocycles. The van der Waals surface area contributed by atoms with E-state index in [1.807, 2.05) is 47.2 Å². The summed E-state index contributed by atoms with van der Waals surface area (Å²) in [4.78, 5) is 16.5. The van der Waals surface area contributed by atoms with Crippen molar-refractivity contribution in [3.63, 3.8) is 0 Å². The molecule has 0 spiro atoms. The van der Waals surface area contributed by atoms with E-state index >= 15 is 0 Å². The molecule has 0 aliphatic heterocycles. The fourth-order valence-electron chi connectivity index (χ4n) is 3.23. The van der Waals surface area contributed by atoms with E-state index in [0.29, 0.717) is 0 Å². The second-order valence-corrected chi connectivity index (χ2v) is 6.67. The van der Waals surface area contributed by atoms with Gasteiger partial charge in [0.15, 0.2) is 0 Å². The minimum atomic E-state index is -0.203. The number of methoxy groups -OCH3 is 1. The molecule has 1 fully saturated rings. The number of nitrogens with one attached hydrogen (secondary N) is 1. The predicted molar refractivity (Wildman–Crippen MR) is 105 cm³/mol. The molecule has 0 bridgehead atoms. The molecule has 1 amide bonds. The molecular weight excluding hydrogens is 338 g/mol. The van der Waals surface area contributed by atoms with Crippen molar-refractivity contribution in [3.8, 4) is 11.4 Å². The van der Waals surface area contributed by atoms with Crippen LogP contribution in [0.4, 0.5) is 0 Å². The molecule has 1 aliphatic rings. The van der Waals surface area contributed by atoms with Crippen LogP contribution in [0.1, 0.15) is 24.0 Å². The molecule has 5 heteroatoms. The number of benzene rings is 2. The van der Waals surface area contributed by atoms with Crippen LogP contribution in [0.2, 0.25) is 0 Å². The van der Waals surface area contributed by atoms with Gasteiger partial charge >= 0.3 is 0 Å². The standard InChI is InChI=1S/C22H21N3O2/c1-27-20-15-17(7-9-19(20)25-14-13-23-16-25)8-10-21(26)24-22(11-12-22)18-5-3-2-4-6-18/h2-10,13-16H,11-12H2,1H3,(H,24,26)/b10-8+. The molecule has 5 nitrogen and oxygen atoms in total. The maximum absolute atomic E-state index is 12.4. The predicted octanol–water partition coefficient (Wildman–Crippen LogP) is 3.70. The highest BCUT2D eigenvalue weighted by Gasteiger charge is 2.45. The number of aromatic nitrogens is 2. The average molecular weight is 359 g/mol. The number of rotatable bonds is 6. The lowest BCUT2D eigenvalue weighted by Gasteiger charge is -2.16. The van der Waals surface area contributed by atoms with Gasteiger partial charge in [0.2, 0.25) is 5.91 Å². The highest BCUT2D eigenvalue weighted by atomic mass is 16.5. The number of nitrogens with zero attached hydrogens (tertiary/aromatic N) is 2. The third kappa shape index (κ3) is 3.62. The largest absolute Gasteiger partial charge is 0.495 e. The first kappa shape index (κ1) is 17.1. The highest BCUT2D eigenvalue weighted by molar-refractivity contribution is 5.92. The van der Waals surface area contributed by atoms with Crippen LogP contribution in [0.5, 0.6) is 5.75 Å². The van der Waals surface area contributed by atoms with E-state index in [1.54, 1.807) is 31.8 Å². The molecule has 1 N–H and O–H groups in total. The summed E-state index contributed by atoms with van der Waals surface area (Å²) in [6, 6.07) is 15.9. The van der Waals surface area contributed by atoms with Crippen LogP contribution in [-0.2, 0) is 10.3 Å². The molecule has 1 aliphatic carbocycles. The van der Waals surface area contributed by atoms with Crippen molar-refractivity contribution in [3.05, 3.63) is 84.5 Å². The second-order valence-electron chi connectivity index (χ2n) is 6.67.